The van der Waals surface area contributed by atoms with E-state index < -0.39 is 20.8 Å². The van der Waals surface area contributed by atoms with E-state index in [9.17, 15) is 0 Å². The van der Waals surface area contributed by atoms with E-state index in [1.165, 1.54) is 54.9 Å². The Balaban J connectivity index is 0.000000195. The van der Waals surface area contributed by atoms with Gasteiger partial charge in [-0.1, -0.05) is 65.1 Å². The Morgan fingerprint density at radius 1 is 0.667 bits per heavy atom. The molecule has 2 aromatic heterocycles. The molecule has 2 nitrogen and oxygen atoms in total. The van der Waals surface area contributed by atoms with Crippen LogP contribution < -0.4 is 0 Å². The minimum absolute atomic E-state index is 0.826. The number of hydrogen-bond donors (Lipinski definition) is 0. The van der Waals surface area contributed by atoms with Crippen LogP contribution in [0, 0.1) is 13.8 Å². The van der Waals surface area contributed by atoms with E-state index in [1.807, 2.05) is 36.7 Å². The van der Waals surface area contributed by atoms with E-state index >= 15 is 0 Å². The molecule has 0 spiro atoms. The first kappa shape index (κ1) is 34.1. The van der Waals surface area contributed by atoms with Gasteiger partial charge in [-0.05, 0) is 48.2 Å². The van der Waals surface area contributed by atoms with Gasteiger partial charge in [-0.2, -0.15) is 12.1 Å². The van der Waals surface area contributed by atoms with Crippen molar-refractivity contribution in [3.63, 3.8) is 0 Å². The standard InChI is InChI=1S/2C17H16N.C2H6Si.2ClH.Zr/c2*1-3-13-10-15-12(2)7-8-14(16(15)11-13)17-6-4-5-9-18-17;1-3-2;;;/h2*4-11H,3H2,1-2H3;1-2H3;2*1H;/q2*-1;;;;+4/p-2. The van der Waals surface area contributed by atoms with Crippen LogP contribution >= 0.6 is 17.0 Å². The van der Waals surface area contributed by atoms with Gasteiger partial charge in [-0.3, -0.25) is 9.97 Å². The Bertz CT molecular complexity index is 1540. The molecular formula is C36H38Cl2N2SiZr. The molecule has 0 bridgehead atoms. The SMILES string of the molecule is CCc1cc2c(-c3ccccn3)ccc(C)c2[cH-]1.CCc1cc2c(-c3ccccn3)ccc(C)c2[cH-]1.C[Si]C.[Cl][Zr+2][Cl]. The van der Waals surface area contributed by atoms with E-state index in [4.69, 9.17) is 17.0 Å². The Hall–Kier alpha value is -2.36. The molecule has 0 saturated heterocycles. The molecular weight excluding hydrogens is 651 g/mol. The number of pyridine rings is 2. The topological polar surface area (TPSA) is 25.8 Å². The van der Waals surface area contributed by atoms with Crippen molar-refractivity contribution in [1.29, 1.82) is 0 Å². The third kappa shape index (κ3) is 8.83. The molecule has 0 atom stereocenters. The molecule has 4 aromatic carbocycles. The fourth-order valence-electron chi connectivity index (χ4n) is 4.91. The molecule has 0 aliphatic rings. The summed E-state index contributed by atoms with van der Waals surface area (Å²) < 4.78 is 0. The molecule has 0 aliphatic heterocycles. The summed E-state index contributed by atoms with van der Waals surface area (Å²) in [7, 11) is 11.0. The Morgan fingerprint density at radius 2 is 1.05 bits per heavy atom. The zero-order valence-electron chi connectivity index (χ0n) is 25.3. The number of benzene rings is 2. The molecule has 0 saturated carbocycles. The summed E-state index contributed by atoms with van der Waals surface area (Å²) in [6, 6.07) is 30.1. The molecule has 0 amide bonds. The Kier molecular flexibility index (Phi) is 14.4. The summed E-state index contributed by atoms with van der Waals surface area (Å²) in [5.74, 6) is 0. The van der Waals surface area contributed by atoms with Crippen molar-refractivity contribution in [3.05, 3.63) is 120 Å². The molecule has 0 aliphatic carbocycles. The number of hydrogen-bond acceptors (Lipinski definition) is 2. The summed E-state index contributed by atoms with van der Waals surface area (Å²) >= 11 is -0.826. The van der Waals surface area contributed by atoms with Crippen molar-refractivity contribution in [2.24, 2.45) is 0 Å². The van der Waals surface area contributed by atoms with Crippen LogP contribution in [0.2, 0.25) is 13.1 Å². The van der Waals surface area contributed by atoms with Crippen molar-refractivity contribution >= 4 is 48.1 Å². The predicted octanol–water partition coefficient (Wildman–Crippen LogP) is 11.1. The zero-order chi connectivity index (χ0) is 30.5. The molecule has 0 N–H and O–H groups in total. The van der Waals surface area contributed by atoms with Crippen LogP contribution in [0.15, 0.2) is 97.3 Å². The first-order valence-corrected chi connectivity index (χ1v) is 22.5. The minimum atomic E-state index is -0.826. The van der Waals surface area contributed by atoms with E-state index in [2.05, 4.69) is 111 Å². The first-order chi connectivity index (χ1) is 20.4. The van der Waals surface area contributed by atoms with Gasteiger partial charge in [0.15, 0.2) is 0 Å². The van der Waals surface area contributed by atoms with Gasteiger partial charge < -0.3 is 0 Å². The molecule has 6 heteroatoms. The molecule has 6 rings (SSSR count). The molecule has 214 valence electrons. The predicted molar refractivity (Wildman–Crippen MR) is 183 cm³/mol. The van der Waals surface area contributed by atoms with Crippen LogP contribution in [0.1, 0.15) is 36.1 Å². The summed E-state index contributed by atoms with van der Waals surface area (Å²) in [6.07, 6.45) is 5.86. The first-order valence-electron chi connectivity index (χ1n) is 14.2. The van der Waals surface area contributed by atoms with Crippen LogP contribution in [-0.2, 0) is 33.7 Å². The quantitative estimate of drug-likeness (QED) is 0.136. The van der Waals surface area contributed by atoms with Gasteiger partial charge in [0.2, 0.25) is 0 Å². The van der Waals surface area contributed by atoms with E-state index in [1.54, 1.807) is 0 Å². The van der Waals surface area contributed by atoms with Crippen molar-refractivity contribution in [2.45, 2.75) is 53.6 Å². The van der Waals surface area contributed by atoms with Gasteiger partial charge in [0, 0.05) is 21.9 Å². The van der Waals surface area contributed by atoms with Gasteiger partial charge >= 0.3 is 37.9 Å². The van der Waals surface area contributed by atoms with Gasteiger partial charge in [0.05, 0.1) is 11.4 Å². The van der Waals surface area contributed by atoms with Gasteiger partial charge in [0.1, 0.15) is 0 Å². The molecule has 2 radical (unpaired) electrons. The zero-order valence-corrected chi connectivity index (χ0v) is 30.3. The maximum absolute atomic E-state index is 4.93. The number of rotatable bonds is 4. The van der Waals surface area contributed by atoms with Crippen molar-refractivity contribution < 1.29 is 20.8 Å². The average molecular weight is 689 g/mol. The third-order valence-corrected chi connectivity index (χ3v) is 7.03. The van der Waals surface area contributed by atoms with Gasteiger partial charge in [0.25, 0.3) is 0 Å². The number of nitrogens with zero attached hydrogens (tertiary/aromatic N) is 2. The fourth-order valence-corrected chi connectivity index (χ4v) is 4.91. The number of halogens is 2. The van der Waals surface area contributed by atoms with Gasteiger partial charge in [-0.15, -0.1) is 68.1 Å². The second-order valence-corrected chi connectivity index (χ2v) is 14.7. The molecule has 0 unspecified atom stereocenters. The number of aryl methyl sites for hydroxylation is 4. The van der Waals surface area contributed by atoms with Crippen molar-refractivity contribution in [3.8, 4) is 22.5 Å². The Morgan fingerprint density at radius 3 is 1.36 bits per heavy atom. The summed E-state index contributed by atoms with van der Waals surface area (Å²) in [4.78, 5) is 8.93. The van der Waals surface area contributed by atoms with E-state index in [0.29, 0.717) is 0 Å². The van der Waals surface area contributed by atoms with Crippen LogP contribution in [0.25, 0.3) is 44.1 Å². The summed E-state index contributed by atoms with van der Waals surface area (Å²) in [6.45, 7) is 13.0. The molecule has 42 heavy (non-hydrogen) atoms. The summed E-state index contributed by atoms with van der Waals surface area (Å²) in [5, 5.41) is 5.36. The van der Waals surface area contributed by atoms with Crippen molar-refractivity contribution in [2.75, 3.05) is 0 Å². The molecule has 0 fully saturated rings. The number of aromatic nitrogens is 2. The number of fused-ring (bicyclic) bond motifs is 2. The van der Waals surface area contributed by atoms with Crippen LogP contribution in [0.4, 0.5) is 0 Å². The fraction of sp³-hybridized carbons (Fsp3) is 0.222. The van der Waals surface area contributed by atoms with Gasteiger partial charge in [-0.25, -0.2) is 0 Å². The van der Waals surface area contributed by atoms with Crippen LogP contribution in [-0.4, -0.2) is 19.5 Å². The van der Waals surface area contributed by atoms with E-state index in [0.717, 1.165) is 33.7 Å². The summed E-state index contributed by atoms with van der Waals surface area (Å²) in [5.41, 5.74) is 10.0. The maximum atomic E-state index is 4.93. The Labute approximate surface area is 272 Å². The normalized spacial score (nSPS) is 10.1. The average Bonchev–Trinajstić information content (AvgIpc) is 3.66. The van der Waals surface area contributed by atoms with Crippen LogP contribution in [0.5, 0.6) is 0 Å². The molecule has 2 heterocycles. The second kappa shape index (κ2) is 17.7. The monoisotopic (exact) mass is 686 g/mol. The third-order valence-electron chi connectivity index (χ3n) is 7.03. The van der Waals surface area contributed by atoms with Crippen LogP contribution in [0.3, 0.4) is 0 Å². The van der Waals surface area contributed by atoms with Crippen molar-refractivity contribution in [1.82, 2.24) is 9.97 Å². The second-order valence-electron chi connectivity index (χ2n) is 9.95. The van der Waals surface area contributed by atoms with E-state index in [-0.39, 0.29) is 0 Å². The molecule has 6 aromatic rings.